The Morgan fingerprint density at radius 1 is 1.19 bits per heavy atom. The van der Waals surface area contributed by atoms with Gasteiger partial charge in [0.15, 0.2) is 0 Å². The second-order valence-electron chi connectivity index (χ2n) is 7.68. The number of carbonyl (C=O) groups is 1. The second kappa shape index (κ2) is 10.8. The molecule has 1 fully saturated rings. The molecule has 0 unspecified atom stereocenters. The van der Waals surface area contributed by atoms with Crippen LogP contribution in [0.15, 0.2) is 36.4 Å². The summed E-state index contributed by atoms with van der Waals surface area (Å²) in [7, 11) is -3.74. The lowest BCUT2D eigenvalue weighted by molar-refractivity contribution is -0.126. The first-order chi connectivity index (χ1) is 15.2. The first-order valence-electron chi connectivity index (χ1n) is 10.2. The summed E-state index contributed by atoms with van der Waals surface area (Å²) in [4.78, 5) is 12.4. The lowest BCUT2D eigenvalue weighted by Gasteiger charge is -2.30. The molecule has 32 heavy (non-hydrogen) atoms. The Labute approximate surface area is 197 Å². The summed E-state index contributed by atoms with van der Waals surface area (Å²) in [5.74, 6) is -0.943. The molecule has 1 saturated heterocycles. The van der Waals surface area contributed by atoms with Gasteiger partial charge in [-0.15, -0.1) is 0 Å². The van der Waals surface area contributed by atoms with E-state index < -0.39 is 21.6 Å². The maximum atomic E-state index is 14.0. The van der Waals surface area contributed by atoms with Gasteiger partial charge >= 0.3 is 0 Å². The molecule has 1 heterocycles. The van der Waals surface area contributed by atoms with Gasteiger partial charge in [0.25, 0.3) is 0 Å². The number of halogens is 3. The van der Waals surface area contributed by atoms with Crippen LogP contribution < -0.4 is 10.1 Å². The van der Waals surface area contributed by atoms with Crippen LogP contribution in [0.5, 0.6) is 5.75 Å². The average Bonchev–Trinajstić information content (AvgIpc) is 2.76. The zero-order valence-electron chi connectivity index (χ0n) is 17.6. The molecule has 0 spiro atoms. The molecule has 1 amide bonds. The Balaban J connectivity index is 1.44. The van der Waals surface area contributed by atoms with E-state index in [9.17, 15) is 17.6 Å². The fourth-order valence-corrected chi connectivity index (χ4v) is 5.58. The van der Waals surface area contributed by atoms with Gasteiger partial charge in [-0.2, -0.15) is 0 Å². The van der Waals surface area contributed by atoms with Crippen LogP contribution in [0.3, 0.4) is 0 Å². The Kier molecular flexibility index (Phi) is 8.38. The van der Waals surface area contributed by atoms with E-state index >= 15 is 0 Å². The summed E-state index contributed by atoms with van der Waals surface area (Å²) in [6.45, 7) is 2.92. The summed E-state index contributed by atoms with van der Waals surface area (Å²) in [5, 5.41) is 3.52. The fraction of sp³-hybridized carbons (Fsp3) is 0.409. The Morgan fingerprint density at radius 3 is 2.56 bits per heavy atom. The number of carbonyl (C=O) groups excluding carboxylic acids is 1. The van der Waals surface area contributed by atoms with E-state index in [2.05, 4.69) is 5.32 Å². The first kappa shape index (κ1) is 24.8. The number of rotatable bonds is 8. The third-order valence-corrected chi connectivity index (χ3v) is 7.99. The highest BCUT2D eigenvalue weighted by molar-refractivity contribution is 7.88. The molecule has 2 aromatic carbocycles. The van der Waals surface area contributed by atoms with E-state index in [1.54, 1.807) is 6.07 Å². The van der Waals surface area contributed by atoms with Gasteiger partial charge in [-0.3, -0.25) is 4.79 Å². The number of nitrogens with zero attached hydrogens (tertiary/aromatic N) is 1. The van der Waals surface area contributed by atoms with Crippen molar-refractivity contribution in [3.05, 3.63) is 63.4 Å². The van der Waals surface area contributed by atoms with Crippen LogP contribution in [-0.4, -0.2) is 44.9 Å². The van der Waals surface area contributed by atoms with E-state index in [0.717, 1.165) is 5.56 Å². The lowest BCUT2D eigenvalue weighted by atomic mass is 9.97. The van der Waals surface area contributed by atoms with E-state index in [-0.39, 0.29) is 35.5 Å². The smallest absolute Gasteiger partial charge is 0.223 e. The molecule has 0 aliphatic carbocycles. The summed E-state index contributed by atoms with van der Waals surface area (Å²) >= 11 is 12.0. The maximum Gasteiger partial charge on any atom is 0.223 e. The van der Waals surface area contributed by atoms with Crippen LogP contribution >= 0.6 is 23.2 Å². The van der Waals surface area contributed by atoms with Gasteiger partial charge in [0, 0.05) is 34.6 Å². The molecule has 174 valence electrons. The van der Waals surface area contributed by atoms with E-state index in [1.165, 1.54) is 22.5 Å². The number of amides is 1. The highest BCUT2D eigenvalue weighted by atomic mass is 35.5. The van der Waals surface area contributed by atoms with Gasteiger partial charge in [0.2, 0.25) is 15.9 Å². The van der Waals surface area contributed by atoms with Crippen molar-refractivity contribution >= 4 is 39.1 Å². The number of nitrogens with one attached hydrogen (secondary N) is 1. The Morgan fingerprint density at radius 2 is 1.91 bits per heavy atom. The van der Waals surface area contributed by atoms with Crippen LogP contribution in [-0.2, 0) is 20.6 Å². The molecule has 3 rings (SSSR count). The third kappa shape index (κ3) is 6.34. The number of hydrogen-bond acceptors (Lipinski definition) is 4. The zero-order chi connectivity index (χ0) is 23.3. The highest BCUT2D eigenvalue weighted by Crippen LogP contribution is 2.26. The fourth-order valence-electron chi connectivity index (χ4n) is 3.49. The molecular formula is C22H25Cl2FN2O4S. The molecule has 0 aromatic heterocycles. The van der Waals surface area contributed by atoms with Crippen molar-refractivity contribution in [3.63, 3.8) is 0 Å². The molecule has 6 nitrogen and oxygen atoms in total. The Bertz CT molecular complexity index is 1050. The molecule has 1 aliphatic rings. The van der Waals surface area contributed by atoms with Gasteiger partial charge in [-0.1, -0.05) is 35.3 Å². The minimum Gasteiger partial charge on any atom is -0.492 e. The van der Waals surface area contributed by atoms with Gasteiger partial charge in [-0.25, -0.2) is 17.1 Å². The number of sulfonamides is 1. The van der Waals surface area contributed by atoms with Gasteiger partial charge in [-0.05, 0) is 49.6 Å². The number of ether oxygens (including phenoxy) is 1. The van der Waals surface area contributed by atoms with Gasteiger partial charge in [0.05, 0.1) is 12.3 Å². The van der Waals surface area contributed by atoms with Crippen molar-refractivity contribution in [2.75, 3.05) is 26.2 Å². The summed E-state index contributed by atoms with van der Waals surface area (Å²) in [6.07, 6.45) is 0.787. The van der Waals surface area contributed by atoms with Crippen molar-refractivity contribution in [1.82, 2.24) is 9.62 Å². The molecular weight excluding hydrogens is 478 g/mol. The molecule has 0 atom stereocenters. The van der Waals surface area contributed by atoms with E-state index in [1.807, 2.05) is 19.1 Å². The summed E-state index contributed by atoms with van der Waals surface area (Å²) < 4.78 is 46.3. The maximum absolute atomic E-state index is 14.0. The number of benzene rings is 2. The molecule has 10 heteroatoms. The van der Waals surface area contributed by atoms with Gasteiger partial charge in [0.1, 0.15) is 18.2 Å². The quantitative estimate of drug-likeness (QED) is 0.549. The van der Waals surface area contributed by atoms with Crippen LogP contribution in [0.4, 0.5) is 4.39 Å². The van der Waals surface area contributed by atoms with Crippen molar-refractivity contribution in [1.29, 1.82) is 0 Å². The molecule has 0 bridgehead atoms. The molecule has 1 N–H and O–H groups in total. The third-order valence-electron chi connectivity index (χ3n) is 5.42. The average molecular weight is 503 g/mol. The molecule has 0 radical (unpaired) electrons. The minimum absolute atomic E-state index is 0.0381. The molecule has 1 aliphatic heterocycles. The molecule has 0 saturated carbocycles. The summed E-state index contributed by atoms with van der Waals surface area (Å²) in [5.41, 5.74) is 0.918. The van der Waals surface area contributed by atoms with Gasteiger partial charge < -0.3 is 10.1 Å². The molecule has 2 aromatic rings. The first-order valence-corrected chi connectivity index (χ1v) is 12.6. The monoisotopic (exact) mass is 502 g/mol. The topological polar surface area (TPSA) is 75.7 Å². The predicted molar refractivity (Wildman–Crippen MR) is 123 cm³/mol. The van der Waals surface area contributed by atoms with Crippen LogP contribution in [0.1, 0.15) is 24.0 Å². The largest absolute Gasteiger partial charge is 0.492 e. The predicted octanol–water partition coefficient (Wildman–Crippen LogP) is 4.18. The second-order valence-corrected chi connectivity index (χ2v) is 10.5. The van der Waals surface area contributed by atoms with E-state index in [4.69, 9.17) is 27.9 Å². The minimum atomic E-state index is -3.74. The van der Waals surface area contributed by atoms with Crippen molar-refractivity contribution in [2.45, 2.75) is 25.5 Å². The van der Waals surface area contributed by atoms with Crippen molar-refractivity contribution < 1.29 is 22.3 Å². The Hall–Kier alpha value is -1.87. The van der Waals surface area contributed by atoms with Crippen LogP contribution in [0.25, 0.3) is 0 Å². The van der Waals surface area contributed by atoms with Crippen LogP contribution in [0, 0.1) is 18.7 Å². The summed E-state index contributed by atoms with van der Waals surface area (Å²) in [6, 6.07) is 9.47. The zero-order valence-corrected chi connectivity index (χ0v) is 19.9. The SMILES string of the molecule is Cc1ccc(OCCNC(=O)C2CCN(S(=O)(=O)Cc3c(F)cccc3Cl)CC2)cc1Cl. The highest BCUT2D eigenvalue weighted by Gasteiger charge is 2.32. The van der Waals surface area contributed by atoms with Crippen LogP contribution in [0.2, 0.25) is 10.0 Å². The number of piperidine rings is 1. The lowest BCUT2D eigenvalue weighted by Crippen LogP contribution is -2.44. The van der Waals surface area contributed by atoms with E-state index in [0.29, 0.717) is 36.8 Å². The van der Waals surface area contributed by atoms with Crippen molar-refractivity contribution in [2.24, 2.45) is 5.92 Å². The standard InChI is InChI=1S/C22H25Cl2FN2O4S/c1-15-5-6-17(13-20(15)24)31-12-9-26-22(28)16-7-10-27(11-8-16)32(29,30)14-18-19(23)3-2-4-21(18)25/h2-6,13,16H,7-12,14H2,1H3,(H,26,28). The normalized spacial score (nSPS) is 15.5. The number of aryl methyl sites for hydroxylation is 1. The number of hydrogen-bond donors (Lipinski definition) is 1. The van der Waals surface area contributed by atoms with Crippen molar-refractivity contribution in [3.8, 4) is 5.75 Å².